The van der Waals surface area contributed by atoms with Gasteiger partial charge in [-0.25, -0.2) is 9.59 Å². The number of carboxylic acid groups (broad SMARTS) is 1. The first-order valence-electron chi connectivity index (χ1n) is 10.6. The van der Waals surface area contributed by atoms with Gasteiger partial charge < -0.3 is 19.3 Å². The molecule has 4 aromatic carbocycles. The fraction of sp³-hybridized carbons (Fsp3) is 0.111. The van der Waals surface area contributed by atoms with Gasteiger partial charge in [0.1, 0.15) is 11.5 Å². The molecule has 0 atom stereocenters. The summed E-state index contributed by atoms with van der Waals surface area (Å²) in [7, 11) is 1.33. The van der Waals surface area contributed by atoms with Gasteiger partial charge in [-0.2, -0.15) is 0 Å². The van der Waals surface area contributed by atoms with E-state index in [1.807, 2.05) is 48.5 Å². The van der Waals surface area contributed by atoms with Crippen molar-refractivity contribution >= 4 is 54.2 Å². The number of ether oxygens (including phenoxy) is 3. The minimum atomic E-state index is -1.01. The van der Waals surface area contributed by atoms with E-state index in [4.69, 9.17) is 14.6 Å². The summed E-state index contributed by atoms with van der Waals surface area (Å²) < 4.78 is 17.7. The lowest BCUT2D eigenvalue weighted by Crippen LogP contribution is -2.12. The third-order valence-corrected chi connectivity index (χ3v) is 6.64. The minimum Gasteiger partial charge on any atom is -0.482 e. The van der Waals surface area contributed by atoms with Gasteiger partial charge in [-0.3, -0.25) is 0 Å². The average molecular weight is 473 g/mol. The van der Waals surface area contributed by atoms with E-state index >= 15 is 0 Å². The first-order chi connectivity index (χ1) is 16.5. The predicted molar refractivity (Wildman–Crippen MR) is 133 cm³/mol. The van der Waals surface area contributed by atoms with E-state index in [-0.39, 0.29) is 13.2 Å². The number of thiophene rings is 1. The number of benzene rings is 4. The van der Waals surface area contributed by atoms with Crippen LogP contribution >= 0.6 is 11.3 Å². The van der Waals surface area contributed by atoms with E-state index in [0.717, 1.165) is 42.1 Å². The van der Waals surface area contributed by atoms with Gasteiger partial charge in [0.25, 0.3) is 0 Å². The second-order valence-corrected chi connectivity index (χ2v) is 8.76. The van der Waals surface area contributed by atoms with Gasteiger partial charge >= 0.3 is 11.9 Å². The molecule has 0 unspecified atom stereocenters. The summed E-state index contributed by atoms with van der Waals surface area (Å²) in [5.41, 5.74) is 2.14. The number of hydrogen-bond donors (Lipinski definition) is 1. The van der Waals surface area contributed by atoms with Crippen LogP contribution in [0.4, 0.5) is 0 Å². The summed E-state index contributed by atoms with van der Waals surface area (Å²) in [6.45, 7) is -0.522. The van der Waals surface area contributed by atoms with Crippen molar-refractivity contribution in [2.24, 2.45) is 0 Å². The number of hydrogen-bond acceptors (Lipinski definition) is 6. The van der Waals surface area contributed by atoms with Gasteiger partial charge in [0.15, 0.2) is 13.2 Å². The highest BCUT2D eigenvalue weighted by Crippen LogP contribution is 2.45. The number of fused-ring (bicyclic) bond motifs is 4. The number of methoxy groups -OCH3 is 1. The number of esters is 1. The summed E-state index contributed by atoms with van der Waals surface area (Å²) in [6, 6.07) is 23.8. The molecule has 0 fully saturated rings. The lowest BCUT2D eigenvalue weighted by Gasteiger charge is -2.11. The van der Waals surface area contributed by atoms with Crippen molar-refractivity contribution in [3.63, 3.8) is 0 Å². The van der Waals surface area contributed by atoms with Gasteiger partial charge in [-0.15, -0.1) is 11.3 Å². The van der Waals surface area contributed by atoms with Crippen LogP contribution in [0.2, 0.25) is 0 Å². The molecule has 5 rings (SSSR count). The van der Waals surface area contributed by atoms with Gasteiger partial charge in [0.2, 0.25) is 0 Å². The maximum atomic E-state index is 11.4. The Labute approximate surface area is 198 Å². The van der Waals surface area contributed by atoms with Gasteiger partial charge in [-0.1, -0.05) is 36.4 Å². The fourth-order valence-corrected chi connectivity index (χ4v) is 5.23. The number of rotatable bonds is 7. The normalized spacial score (nSPS) is 11.1. The average Bonchev–Trinajstić information content (AvgIpc) is 3.22. The summed E-state index contributed by atoms with van der Waals surface area (Å²) in [6.07, 6.45) is 0. The molecular weight excluding hydrogens is 452 g/mol. The molecule has 0 radical (unpaired) electrons. The molecular formula is C27H20O6S. The van der Waals surface area contributed by atoms with Crippen LogP contribution in [0.25, 0.3) is 42.1 Å². The molecule has 0 saturated heterocycles. The molecule has 0 amide bonds. The smallest absolute Gasteiger partial charge is 0.343 e. The zero-order valence-electron chi connectivity index (χ0n) is 18.2. The van der Waals surface area contributed by atoms with Crippen LogP contribution in [0.5, 0.6) is 11.5 Å². The monoisotopic (exact) mass is 472 g/mol. The van der Waals surface area contributed by atoms with Crippen molar-refractivity contribution in [3.05, 3.63) is 72.8 Å². The summed E-state index contributed by atoms with van der Waals surface area (Å²) >= 11 is 1.65. The Kier molecular flexibility index (Phi) is 5.77. The van der Waals surface area contributed by atoms with Crippen LogP contribution in [0.15, 0.2) is 72.8 Å². The summed E-state index contributed by atoms with van der Waals surface area (Å²) in [5.74, 6) is -0.332. The van der Waals surface area contributed by atoms with Crippen LogP contribution in [-0.4, -0.2) is 37.4 Å². The zero-order valence-corrected chi connectivity index (χ0v) is 19.1. The van der Waals surface area contributed by atoms with E-state index in [9.17, 15) is 9.59 Å². The zero-order chi connectivity index (χ0) is 23.7. The van der Waals surface area contributed by atoms with E-state index in [2.05, 4.69) is 22.9 Å². The molecule has 6 nitrogen and oxygen atoms in total. The molecule has 5 aromatic rings. The topological polar surface area (TPSA) is 82.1 Å². The first kappa shape index (κ1) is 21.7. The number of carbonyl (C=O) groups is 2. The molecule has 1 heterocycles. The van der Waals surface area contributed by atoms with Crippen LogP contribution in [-0.2, 0) is 14.3 Å². The Morgan fingerprint density at radius 2 is 1.56 bits per heavy atom. The molecule has 34 heavy (non-hydrogen) atoms. The second-order valence-electron chi connectivity index (χ2n) is 7.68. The fourth-order valence-electron chi connectivity index (χ4n) is 4.04. The molecule has 0 aliphatic carbocycles. The molecule has 0 aliphatic heterocycles. The van der Waals surface area contributed by atoms with Crippen molar-refractivity contribution in [1.82, 2.24) is 0 Å². The van der Waals surface area contributed by atoms with E-state index in [0.29, 0.717) is 11.5 Å². The SMILES string of the molecule is COC(=O)COc1ccc(-c2c3ccccc3cc3sc4cc(OCC(=O)O)ccc4c23)cc1. The standard InChI is InChI=1S/C27H20O6S/c1-31-25(30)15-33-18-8-6-16(7-9-18)26-20-5-3-2-4-17(20)12-23-27(26)21-11-10-19(13-22(21)34-23)32-14-24(28)29/h2-13H,14-15H2,1H3,(H,28,29). The Balaban J connectivity index is 1.65. The lowest BCUT2D eigenvalue weighted by atomic mass is 9.93. The van der Waals surface area contributed by atoms with E-state index < -0.39 is 11.9 Å². The van der Waals surface area contributed by atoms with E-state index in [1.54, 1.807) is 17.4 Å². The number of carbonyl (C=O) groups excluding carboxylic acids is 1. The van der Waals surface area contributed by atoms with Crippen molar-refractivity contribution < 1.29 is 28.9 Å². The third kappa shape index (κ3) is 4.13. The molecule has 0 aliphatic rings. The molecule has 170 valence electrons. The van der Waals surface area contributed by atoms with Gasteiger partial charge in [0, 0.05) is 20.2 Å². The largest absolute Gasteiger partial charge is 0.482 e. The summed E-state index contributed by atoms with van der Waals surface area (Å²) in [5, 5.41) is 13.4. The maximum absolute atomic E-state index is 11.4. The van der Waals surface area contributed by atoms with Gasteiger partial charge in [0.05, 0.1) is 7.11 Å². The highest BCUT2D eigenvalue weighted by Gasteiger charge is 2.16. The van der Waals surface area contributed by atoms with E-state index in [1.165, 1.54) is 7.11 Å². The van der Waals surface area contributed by atoms with Crippen LogP contribution in [0.1, 0.15) is 0 Å². The van der Waals surface area contributed by atoms with Crippen LogP contribution < -0.4 is 9.47 Å². The molecule has 1 N–H and O–H groups in total. The Morgan fingerprint density at radius 3 is 2.32 bits per heavy atom. The first-order valence-corrected chi connectivity index (χ1v) is 11.4. The number of aliphatic carboxylic acids is 1. The molecule has 7 heteroatoms. The van der Waals surface area contributed by atoms with Crippen molar-refractivity contribution in [1.29, 1.82) is 0 Å². The minimum absolute atomic E-state index is 0.143. The Morgan fingerprint density at radius 1 is 0.824 bits per heavy atom. The Bertz CT molecular complexity index is 1530. The van der Waals surface area contributed by atoms with Crippen LogP contribution in [0, 0.1) is 0 Å². The lowest BCUT2D eigenvalue weighted by molar-refractivity contribution is -0.143. The summed E-state index contributed by atoms with van der Waals surface area (Å²) in [4.78, 5) is 22.2. The molecule has 0 saturated carbocycles. The van der Waals surface area contributed by atoms with Crippen molar-refractivity contribution in [2.75, 3.05) is 20.3 Å². The molecule has 0 spiro atoms. The number of carboxylic acids is 1. The predicted octanol–water partition coefficient (Wildman–Crippen LogP) is 5.89. The van der Waals surface area contributed by atoms with Crippen molar-refractivity contribution in [2.45, 2.75) is 0 Å². The van der Waals surface area contributed by atoms with Crippen LogP contribution in [0.3, 0.4) is 0 Å². The van der Waals surface area contributed by atoms with Gasteiger partial charge in [-0.05, 0) is 58.3 Å². The second kappa shape index (κ2) is 9.03. The highest BCUT2D eigenvalue weighted by atomic mass is 32.1. The molecule has 0 bridgehead atoms. The Hall–Kier alpha value is -4.10. The highest BCUT2D eigenvalue weighted by molar-refractivity contribution is 7.26. The maximum Gasteiger partial charge on any atom is 0.343 e. The molecule has 1 aromatic heterocycles. The quantitative estimate of drug-likeness (QED) is 0.298. The van der Waals surface area contributed by atoms with Crippen molar-refractivity contribution in [3.8, 4) is 22.6 Å². The third-order valence-electron chi connectivity index (χ3n) is 5.55.